The van der Waals surface area contributed by atoms with Gasteiger partial charge in [0.15, 0.2) is 11.9 Å². The van der Waals surface area contributed by atoms with E-state index in [1.54, 1.807) is 6.08 Å². The Kier molecular flexibility index (Phi) is 4.20. The van der Waals surface area contributed by atoms with Gasteiger partial charge in [0.1, 0.15) is 6.10 Å². The lowest BCUT2D eigenvalue weighted by Gasteiger charge is -2.48. The predicted molar refractivity (Wildman–Crippen MR) is 62.3 cm³/mol. The first-order chi connectivity index (χ1) is 7.95. The van der Waals surface area contributed by atoms with Crippen LogP contribution in [0.3, 0.4) is 0 Å². The molecule has 1 heterocycles. The molecule has 5 heteroatoms. The molecule has 1 aliphatic rings. The summed E-state index contributed by atoms with van der Waals surface area (Å²) in [4.78, 5) is 24.2. The Morgan fingerprint density at radius 1 is 1.71 bits per heavy atom. The SMILES string of the molecule is C=CCN1C(=O)[C@H](OC)[C@@H]1[C@H](O)C(=C)C(C)=O. The lowest BCUT2D eigenvalue weighted by Crippen LogP contribution is -2.69. The molecule has 0 spiro atoms. The topological polar surface area (TPSA) is 66.8 Å². The second kappa shape index (κ2) is 5.25. The second-order valence-electron chi connectivity index (χ2n) is 3.95. The summed E-state index contributed by atoms with van der Waals surface area (Å²) in [5.74, 6) is -0.516. The molecule has 3 atom stereocenters. The molecule has 94 valence electrons. The third-order valence-corrected chi connectivity index (χ3v) is 2.91. The van der Waals surface area contributed by atoms with Crippen molar-refractivity contribution in [2.45, 2.75) is 25.2 Å². The summed E-state index contributed by atoms with van der Waals surface area (Å²) in [6.45, 7) is 8.70. The third-order valence-electron chi connectivity index (χ3n) is 2.91. The number of rotatable bonds is 6. The first-order valence-corrected chi connectivity index (χ1v) is 5.27. The van der Waals surface area contributed by atoms with Gasteiger partial charge in [-0.1, -0.05) is 12.7 Å². The Bertz CT molecular complexity index is 364. The molecule has 1 rings (SSSR count). The van der Waals surface area contributed by atoms with Crippen LogP contribution in [0.15, 0.2) is 24.8 Å². The Morgan fingerprint density at radius 3 is 2.71 bits per heavy atom. The minimum atomic E-state index is -1.10. The largest absolute Gasteiger partial charge is 0.386 e. The molecule has 0 radical (unpaired) electrons. The van der Waals surface area contributed by atoms with E-state index >= 15 is 0 Å². The molecule has 1 aliphatic heterocycles. The summed E-state index contributed by atoms with van der Waals surface area (Å²) in [5, 5.41) is 10.00. The number of ether oxygens (including phenoxy) is 1. The van der Waals surface area contributed by atoms with Crippen LogP contribution in [0.1, 0.15) is 6.92 Å². The summed E-state index contributed by atoms with van der Waals surface area (Å²) < 4.78 is 5.00. The lowest BCUT2D eigenvalue weighted by atomic mass is 9.88. The van der Waals surface area contributed by atoms with Gasteiger partial charge < -0.3 is 14.7 Å². The summed E-state index contributed by atoms with van der Waals surface area (Å²) >= 11 is 0. The van der Waals surface area contributed by atoms with E-state index in [2.05, 4.69) is 13.2 Å². The average Bonchev–Trinajstić information content (AvgIpc) is 2.30. The van der Waals surface area contributed by atoms with Crippen molar-refractivity contribution in [1.82, 2.24) is 4.90 Å². The molecular weight excluding hydrogens is 222 g/mol. The monoisotopic (exact) mass is 239 g/mol. The number of carbonyl (C=O) groups excluding carboxylic acids is 2. The molecular formula is C12H17NO4. The smallest absolute Gasteiger partial charge is 0.254 e. The Morgan fingerprint density at radius 2 is 2.29 bits per heavy atom. The normalized spacial score (nSPS) is 25.1. The van der Waals surface area contributed by atoms with Crippen LogP contribution in [0.2, 0.25) is 0 Å². The fourth-order valence-electron chi connectivity index (χ4n) is 1.88. The van der Waals surface area contributed by atoms with Crippen LogP contribution in [0, 0.1) is 0 Å². The molecule has 0 aromatic rings. The van der Waals surface area contributed by atoms with Gasteiger partial charge in [-0.3, -0.25) is 9.59 Å². The van der Waals surface area contributed by atoms with Gasteiger partial charge in [0, 0.05) is 19.2 Å². The van der Waals surface area contributed by atoms with E-state index < -0.39 is 18.2 Å². The first-order valence-electron chi connectivity index (χ1n) is 5.27. The number of hydrogen-bond donors (Lipinski definition) is 1. The lowest BCUT2D eigenvalue weighted by molar-refractivity contribution is -0.177. The average molecular weight is 239 g/mol. The van der Waals surface area contributed by atoms with E-state index in [1.165, 1.54) is 18.9 Å². The first kappa shape index (κ1) is 13.6. The number of β-lactam (4-membered cyclic amide) rings is 1. The zero-order valence-electron chi connectivity index (χ0n) is 10.0. The fraction of sp³-hybridized carbons (Fsp3) is 0.500. The molecule has 5 nitrogen and oxygen atoms in total. The van der Waals surface area contributed by atoms with Crippen LogP contribution in [0.5, 0.6) is 0 Å². The number of nitrogens with zero attached hydrogens (tertiary/aromatic N) is 1. The molecule has 0 aromatic heterocycles. The van der Waals surface area contributed by atoms with Crippen molar-refractivity contribution in [3.63, 3.8) is 0 Å². The van der Waals surface area contributed by atoms with Gasteiger partial charge in [0.05, 0.1) is 6.04 Å². The maximum absolute atomic E-state index is 11.6. The van der Waals surface area contributed by atoms with E-state index in [0.29, 0.717) is 6.54 Å². The maximum atomic E-state index is 11.6. The van der Waals surface area contributed by atoms with E-state index in [9.17, 15) is 14.7 Å². The number of aliphatic hydroxyl groups excluding tert-OH is 1. The summed E-state index contributed by atoms with van der Waals surface area (Å²) in [6.07, 6.45) is -0.267. The van der Waals surface area contributed by atoms with Crippen LogP contribution in [0.4, 0.5) is 0 Å². The molecule has 1 N–H and O–H groups in total. The highest BCUT2D eigenvalue weighted by molar-refractivity contribution is 5.95. The van der Waals surface area contributed by atoms with E-state index in [4.69, 9.17) is 4.74 Å². The van der Waals surface area contributed by atoms with Crippen molar-refractivity contribution >= 4 is 11.7 Å². The second-order valence-corrected chi connectivity index (χ2v) is 3.95. The van der Waals surface area contributed by atoms with Gasteiger partial charge in [0.2, 0.25) is 0 Å². The number of carbonyl (C=O) groups is 2. The van der Waals surface area contributed by atoms with Gasteiger partial charge in [-0.25, -0.2) is 0 Å². The zero-order chi connectivity index (χ0) is 13.2. The van der Waals surface area contributed by atoms with Gasteiger partial charge in [0.25, 0.3) is 5.91 Å². The molecule has 0 bridgehead atoms. The highest BCUT2D eigenvalue weighted by Crippen LogP contribution is 2.28. The zero-order valence-corrected chi connectivity index (χ0v) is 10.0. The standard InChI is InChI=1S/C12H17NO4/c1-5-6-13-9(11(17-4)12(13)16)10(15)7(2)8(3)14/h5,9-11,15H,1-2,6H2,3-4H3/t9-,10+,11+/m0/s1. The number of hydrogen-bond acceptors (Lipinski definition) is 4. The minimum Gasteiger partial charge on any atom is -0.386 e. The molecule has 0 unspecified atom stereocenters. The van der Waals surface area contributed by atoms with Crippen LogP contribution < -0.4 is 0 Å². The minimum absolute atomic E-state index is 0.0820. The van der Waals surface area contributed by atoms with Gasteiger partial charge in [-0.05, 0) is 6.92 Å². The molecule has 0 aliphatic carbocycles. The fourth-order valence-corrected chi connectivity index (χ4v) is 1.88. The van der Waals surface area contributed by atoms with E-state index in [1.807, 2.05) is 0 Å². The van der Waals surface area contributed by atoms with Gasteiger partial charge >= 0.3 is 0 Å². The molecule has 1 amide bonds. The Labute approximate surface area is 100 Å². The third kappa shape index (κ3) is 2.30. The van der Waals surface area contributed by atoms with Crippen molar-refractivity contribution < 1.29 is 19.4 Å². The summed E-state index contributed by atoms with van der Waals surface area (Å²) in [5.41, 5.74) is 0.0820. The number of amides is 1. The maximum Gasteiger partial charge on any atom is 0.254 e. The Balaban J connectivity index is 2.84. The number of Topliss-reactive ketones (excluding diaryl/α,β-unsaturated/α-hetero) is 1. The van der Waals surface area contributed by atoms with E-state index in [0.717, 1.165) is 0 Å². The van der Waals surface area contributed by atoms with Crippen LogP contribution in [-0.4, -0.2) is 53.6 Å². The number of aliphatic hydroxyl groups is 1. The summed E-state index contributed by atoms with van der Waals surface area (Å²) in [6, 6.07) is -0.568. The Hall–Kier alpha value is -1.46. The van der Waals surface area contributed by atoms with Gasteiger partial charge in [-0.2, -0.15) is 0 Å². The quantitative estimate of drug-likeness (QED) is 0.399. The van der Waals surface area contributed by atoms with Crippen molar-refractivity contribution in [2.75, 3.05) is 13.7 Å². The van der Waals surface area contributed by atoms with Crippen molar-refractivity contribution in [3.8, 4) is 0 Å². The van der Waals surface area contributed by atoms with Crippen molar-refractivity contribution in [2.24, 2.45) is 0 Å². The highest BCUT2D eigenvalue weighted by atomic mass is 16.5. The van der Waals surface area contributed by atoms with Crippen molar-refractivity contribution in [3.05, 3.63) is 24.8 Å². The van der Waals surface area contributed by atoms with Gasteiger partial charge in [-0.15, -0.1) is 6.58 Å². The van der Waals surface area contributed by atoms with Crippen LogP contribution in [-0.2, 0) is 14.3 Å². The number of ketones is 1. The van der Waals surface area contributed by atoms with Crippen LogP contribution >= 0.6 is 0 Å². The molecule has 1 saturated heterocycles. The molecule has 17 heavy (non-hydrogen) atoms. The predicted octanol–water partition coefficient (Wildman–Crippen LogP) is -0.0957. The molecule has 1 fully saturated rings. The number of methoxy groups -OCH3 is 1. The highest BCUT2D eigenvalue weighted by Gasteiger charge is 2.51. The number of likely N-dealkylation sites (tertiary alicyclic amines) is 1. The van der Waals surface area contributed by atoms with Crippen molar-refractivity contribution in [1.29, 1.82) is 0 Å². The van der Waals surface area contributed by atoms with Crippen LogP contribution in [0.25, 0.3) is 0 Å². The summed E-state index contributed by atoms with van der Waals surface area (Å²) in [7, 11) is 1.39. The molecule has 0 saturated carbocycles. The molecule has 0 aromatic carbocycles. The van der Waals surface area contributed by atoms with E-state index in [-0.39, 0.29) is 17.3 Å².